The lowest BCUT2D eigenvalue weighted by Crippen LogP contribution is -2.45. The Morgan fingerprint density at radius 2 is 1.78 bits per heavy atom. The summed E-state index contributed by atoms with van der Waals surface area (Å²) in [5.41, 5.74) is 1.73. The van der Waals surface area contributed by atoms with E-state index in [-0.39, 0.29) is 12.5 Å². The van der Waals surface area contributed by atoms with Gasteiger partial charge in [-0.05, 0) is 36.4 Å². The normalized spacial score (nSPS) is 20.2. The zero-order chi connectivity index (χ0) is 16.1. The molecule has 1 aromatic heterocycles. The minimum Gasteiger partial charge on any atom is -0.378 e. The smallest absolute Gasteiger partial charge is 0.259 e. The molecule has 0 aliphatic carbocycles. The molecular weight excluding hydrogens is 294 g/mol. The molecule has 1 aromatic carbocycles. The monoisotopic (exact) mass is 313 g/mol. The number of carbonyl (C=O) groups excluding carboxylic acids is 1. The molecule has 1 atom stereocenters. The van der Waals surface area contributed by atoms with Crippen molar-refractivity contribution >= 4 is 23.0 Å². The molecule has 1 amide bonds. The Labute approximate surface area is 134 Å². The molecule has 0 radical (unpaired) electrons. The Balaban J connectivity index is 1.64. The number of hydrogen-bond donors (Lipinski definition) is 2. The van der Waals surface area contributed by atoms with Crippen LogP contribution >= 0.6 is 0 Å². The van der Waals surface area contributed by atoms with Gasteiger partial charge in [-0.25, -0.2) is 0 Å². The average Bonchev–Trinajstić information content (AvgIpc) is 3.08. The predicted molar refractivity (Wildman–Crippen MR) is 87.8 cm³/mol. The van der Waals surface area contributed by atoms with Crippen LogP contribution in [0.15, 0.2) is 48.8 Å². The van der Waals surface area contributed by atoms with Gasteiger partial charge in [-0.3, -0.25) is 9.78 Å². The molecule has 23 heavy (non-hydrogen) atoms. The van der Waals surface area contributed by atoms with Crippen molar-refractivity contribution in [2.24, 2.45) is 0 Å². The minimum absolute atomic E-state index is 0.174. The number of aromatic nitrogens is 1. The Bertz CT molecular complexity index is 653. The molecular formula is C17H19N3O3. The van der Waals surface area contributed by atoms with Crippen LogP contribution in [0.1, 0.15) is 6.42 Å². The molecule has 0 saturated carbocycles. The van der Waals surface area contributed by atoms with Crippen LogP contribution < -0.4 is 10.6 Å². The van der Waals surface area contributed by atoms with E-state index in [1.165, 1.54) is 7.11 Å². The maximum Gasteiger partial charge on any atom is 0.259 e. The maximum atomic E-state index is 12.4. The van der Waals surface area contributed by atoms with Crippen LogP contribution in [0.5, 0.6) is 0 Å². The lowest BCUT2D eigenvalue weighted by molar-refractivity contribution is -0.137. The Hall–Kier alpha value is -2.44. The summed E-state index contributed by atoms with van der Waals surface area (Å²) in [7, 11) is 1.54. The van der Waals surface area contributed by atoms with Gasteiger partial charge in [-0.1, -0.05) is 0 Å². The zero-order valence-electron chi connectivity index (χ0n) is 12.9. The van der Waals surface area contributed by atoms with E-state index < -0.39 is 5.60 Å². The lowest BCUT2D eigenvalue weighted by Gasteiger charge is -2.24. The number of carbonyl (C=O) groups is 1. The molecule has 1 aliphatic rings. The average molecular weight is 313 g/mol. The topological polar surface area (TPSA) is 72.5 Å². The van der Waals surface area contributed by atoms with Crippen molar-refractivity contribution in [2.45, 2.75) is 12.0 Å². The van der Waals surface area contributed by atoms with Gasteiger partial charge in [0, 0.05) is 43.0 Å². The molecule has 1 fully saturated rings. The number of nitrogens with one attached hydrogen (secondary N) is 2. The largest absolute Gasteiger partial charge is 0.378 e. The van der Waals surface area contributed by atoms with Gasteiger partial charge in [0.25, 0.3) is 5.91 Å². The molecule has 1 saturated heterocycles. The van der Waals surface area contributed by atoms with Crippen LogP contribution in [0, 0.1) is 0 Å². The lowest BCUT2D eigenvalue weighted by atomic mass is 10.0. The number of hydrogen-bond acceptors (Lipinski definition) is 5. The van der Waals surface area contributed by atoms with E-state index in [1.807, 2.05) is 36.4 Å². The number of anilines is 3. The SMILES string of the molecule is COC1(C(=O)Nc2ccc(Nc3ccncc3)cc2)CCOC1. The fraction of sp³-hybridized carbons (Fsp3) is 0.294. The number of amides is 1. The van der Waals surface area contributed by atoms with Crippen molar-refractivity contribution in [3.05, 3.63) is 48.8 Å². The van der Waals surface area contributed by atoms with Crippen molar-refractivity contribution in [1.29, 1.82) is 0 Å². The maximum absolute atomic E-state index is 12.4. The van der Waals surface area contributed by atoms with Crippen molar-refractivity contribution < 1.29 is 14.3 Å². The van der Waals surface area contributed by atoms with Crippen LogP contribution in [-0.4, -0.2) is 36.8 Å². The summed E-state index contributed by atoms with van der Waals surface area (Å²) in [6, 6.07) is 11.3. The zero-order valence-corrected chi connectivity index (χ0v) is 12.9. The number of ether oxygens (including phenoxy) is 2. The third-order valence-corrected chi connectivity index (χ3v) is 3.90. The van der Waals surface area contributed by atoms with Gasteiger partial charge in [-0.2, -0.15) is 0 Å². The van der Waals surface area contributed by atoms with Crippen LogP contribution in [-0.2, 0) is 14.3 Å². The third kappa shape index (κ3) is 3.49. The standard InChI is InChI=1S/C17H19N3O3/c1-22-17(8-11-23-12-17)16(21)20-14-4-2-13(3-5-14)19-15-6-9-18-10-7-15/h2-7,9-10H,8,11-12H2,1H3,(H,18,19)(H,20,21). The number of nitrogens with zero attached hydrogens (tertiary/aromatic N) is 1. The summed E-state index contributed by atoms with van der Waals surface area (Å²) >= 11 is 0. The molecule has 2 heterocycles. The summed E-state index contributed by atoms with van der Waals surface area (Å²) < 4.78 is 10.7. The van der Waals surface area contributed by atoms with Gasteiger partial charge in [0.1, 0.15) is 0 Å². The van der Waals surface area contributed by atoms with Crippen molar-refractivity contribution in [3.8, 4) is 0 Å². The molecule has 2 N–H and O–H groups in total. The molecule has 3 rings (SSSR count). The van der Waals surface area contributed by atoms with Crippen LogP contribution in [0.25, 0.3) is 0 Å². The first-order chi connectivity index (χ1) is 11.2. The van der Waals surface area contributed by atoms with Gasteiger partial charge in [0.2, 0.25) is 0 Å². The first-order valence-corrected chi connectivity index (χ1v) is 7.43. The second-order valence-electron chi connectivity index (χ2n) is 5.39. The fourth-order valence-corrected chi connectivity index (χ4v) is 2.46. The quantitative estimate of drug-likeness (QED) is 0.887. The molecule has 0 bridgehead atoms. The second-order valence-corrected chi connectivity index (χ2v) is 5.39. The van der Waals surface area contributed by atoms with Crippen LogP contribution in [0.4, 0.5) is 17.1 Å². The highest BCUT2D eigenvalue weighted by molar-refractivity contribution is 5.97. The molecule has 1 unspecified atom stereocenters. The number of pyridine rings is 1. The van der Waals surface area contributed by atoms with E-state index in [0.717, 1.165) is 17.1 Å². The van der Waals surface area contributed by atoms with Crippen molar-refractivity contribution in [3.63, 3.8) is 0 Å². The van der Waals surface area contributed by atoms with Gasteiger partial charge < -0.3 is 20.1 Å². The summed E-state index contributed by atoms with van der Waals surface area (Å²) in [6.07, 6.45) is 4.02. The molecule has 120 valence electrons. The highest BCUT2D eigenvalue weighted by Gasteiger charge is 2.42. The number of methoxy groups -OCH3 is 1. The van der Waals surface area contributed by atoms with Crippen molar-refractivity contribution in [2.75, 3.05) is 31.0 Å². The number of benzene rings is 1. The first kappa shape index (κ1) is 15.5. The van der Waals surface area contributed by atoms with E-state index in [4.69, 9.17) is 9.47 Å². The van der Waals surface area contributed by atoms with Crippen LogP contribution in [0.2, 0.25) is 0 Å². The second kappa shape index (κ2) is 6.76. The van der Waals surface area contributed by atoms with Crippen molar-refractivity contribution in [1.82, 2.24) is 4.98 Å². The van der Waals surface area contributed by atoms with Gasteiger partial charge in [-0.15, -0.1) is 0 Å². The third-order valence-electron chi connectivity index (χ3n) is 3.90. The van der Waals surface area contributed by atoms with E-state index >= 15 is 0 Å². The van der Waals surface area contributed by atoms with Gasteiger partial charge >= 0.3 is 0 Å². The molecule has 1 aliphatic heterocycles. The van der Waals surface area contributed by atoms with Gasteiger partial charge in [0.15, 0.2) is 5.60 Å². The first-order valence-electron chi connectivity index (χ1n) is 7.43. The highest BCUT2D eigenvalue weighted by atomic mass is 16.6. The van der Waals surface area contributed by atoms with E-state index in [2.05, 4.69) is 15.6 Å². The fourth-order valence-electron chi connectivity index (χ4n) is 2.46. The van der Waals surface area contributed by atoms with E-state index in [9.17, 15) is 4.79 Å². The predicted octanol–water partition coefficient (Wildman–Crippen LogP) is 2.57. The Morgan fingerprint density at radius 3 is 2.39 bits per heavy atom. The summed E-state index contributed by atoms with van der Waals surface area (Å²) in [6.45, 7) is 0.826. The van der Waals surface area contributed by atoms with Crippen LogP contribution in [0.3, 0.4) is 0 Å². The highest BCUT2D eigenvalue weighted by Crippen LogP contribution is 2.25. The Kier molecular flexibility index (Phi) is 4.55. The summed E-state index contributed by atoms with van der Waals surface area (Å²) in [5, 5.41) is 6.15. The molecule has 2 aromatic rings. The molecule has 6 nitrogen and oxygen atoms in total. The number of rotatable bonds is 5. The Morgan fingerprint density at radius 1 is 1.13 bits per heavy atom. The minimum atomic E-state index is -0.881. The van der Waals surface area contributed by atoms with E-state index in [1.54, 1.807) is 12.4 Å². The van der Waals surface area contributed by atoms with E-state index in [0.29, 0.717) is 13.0 Å². The molecule has 6 heteroatoms. The molecule has 0 spiro atoms. The van der Waals surface area contributed by atoms with Gasteiger partial charge in [0.05, 0.1) is 13.2 Å². The summed E-state index contributed by atoms with van der Waals surface area (Å²) in [4.78, 5) is 16.4. The summed E-state index contributed by atoms with van der Waals surface area (Å²) in [5.74, 6) is -0.174.